The van der Waals surface area contributed by atoms with Crippen molar-refractivity contribution < 1.29 is 19.2 Å². The van der Waals surface area contributed by atoms with Gasteiger partial charge in [-0.05, 0) is 64.1 Å². The van der Waals surface area contributed by atoms with E-state index in [-0.39, 0.29) is 24.1 Å². The van der Waals surface area contributed by atoms with Gasteiger partial charge in [-0.2, -0.15) is 0 Å². The normalized spacial score (nSPS) is 16.4. The monoisotopic (exact) mass is 421 g/mol. The number of carbonyl (C=O) groups excluding carboxylic acids is 4. The summed E-state index contributed by atoms with van der Waals surface area (Å²) in [5, 5.41) is 2.65. The number of anilines is 2. The maximum atomic E-state index is 13.3. The summed E-state index contributed by atoms with van der Waals surface area (Å²) in [6.07, 6.45) is -0.0822. The van der Waals surface area contributed by atoms with Crippen LogP contribution < -0.4 is 10.2 Å². The van der Waals surface area contributed by atoms with Crippen LogP contribution in [0, 0.1) is 6.92 Å². The molecule has 1 aliphatic rings. The summed E-state index contributed by atoms with van der Waals surface area (Å²) in [5.41, 5.74) is 1.80. The standard InChI is InChI=1S/C24H27N3O4/c1-15-6-8-17(9-7-15)22(30)27(24(3,4)5)20-14-21(29)26(23(20)31)19-12-10-18(11-13-19)25-16(2)28/h6-13,20H,14H2,1-5H3,(H,25,28). The highest BCUT2D eigenvalue weighted by Crippen LogP contribution is 2.31. The largest absolute Gasteiger partial charge is 0.326 e. The van der Waals surface area contributed by atoms with Crippen molar-refractivity contribution >= 4 is 35.0 Å². The van der Waals surface area contributed by atoms with Crippen molar-refractivity contribution in [3.8, 4) is 0 Å². The van der Waals surface area contributed by atoms with Gasteiger partial charge in [0.25, 0.3) is 11.8 Å². The zero-order valence-electron chi connectivity index (χ0n) is 18.4. The van der Waals surface area contributed by atoms with Gasteiger partial charge < -0.3 is 10.2 Å². The molecule has 0 aromatic heterocycles. The first-order chi connectivity index (χ1) is 14.5. The predicted octanol–water partition coefficient (Wildman–Crippen LogP) is 3.53. The molecule has 0 bridgehead atoms. The van der Waals surface area contributed by atoms with Crippen molar-refractivity contribution in [1.29, 1.82) is 0 Å². The molecule has 1 aliphatic heterocycles. The molecule has 7 nitrogen and oxygen atoms in total. The third kappa shape index (κ3) is 4.66. The number of benzene rings is 2. The number of nitrogens with zero attached hydrogens (tertiary/aromatic N) is 2. The third-order valence-corrected chi connectivity index (χ3v) is 5.12. The lowest BCUT2D eigenvalue weighted by molar-refractivity contribution is -0.123. The van der Waals surface area contributed by atoms with Gasteiger partial charge in [0.1, 0.15) is 6.04 Å². The summed E-state index contributed by atoms with van der Waals surface area (Å²) in [6, 6.07) is 12.7. The molecule has 0 spiro atoms. The number of imide groups is 1. The van der Waals surface area contributed by atoms with E-state index in [0.717, 1.165) is 10.5 Å². The lowest BCUT2D eigenvalue weighted by atomic mass is 9.99. The molecule has 0 aliphatic carbocycles. The third-order valence-electron chi connectivity index (χ3n) is 5.12. The number of nitrogens with one attached hydrogen (secondary N) is 1. The fraction of sp³-hybridized carbons (Fsp3) is 0.333. The molecule has 31 heavy (non-hydrogen) atoms. The van der Waals surface area contributed by atoms with Gasteiger partial charge in [0.15, 0.2) is 0 Å². The van der Waals surface area contributed by atoms with E-state index in [1.54, 1.807) is 36.4 Å². The molecule has 0 radical (unpaired) electrons. The van der Waals surface area contributed by atoms with Crippen molar-refractivity contribution in [3.05, 3.63) is 59.7 Å². The number of carbonyl (C=O) groups is 4. The second-order valence-corrected chi connectivity index (χ2v) is 8.73. The summed E-state index contributed by atoms with van der Waals surface area (Å²) < 4.78 is 0. The Labute approximate surface area is 182 Å². The van der Waals surface area contributed by atoms with Crippen LogP contribution >= 0.6 is 0 Å². The van der Waals surface area contributed by atoms with Gasteiger partial charge in [0.05, 0.1) is 12.1 Å². The summed E-state index contributed by atoms with van der Waals surface area (Å²) in [6.45, 7) is 8.88. The van der Waals surface area contributed by atoms with Gasteiger partial charge in [0.2, 0.25) is 11.8 Å². The van der Waals surface area contributed by atoms with Crippen molar-refractivity contribution in [2.45, 2.75) is 52.6 Å². The van der Waals surface area contributed by atoms with Crippen LogP contribution in [0.2, 0.25) is 0 Å². The summed E-state index contributed by atoms with van der Waals surface area (Å²) in [5.74, 6) is -1.31. The smallest absolute Gasteiger partial charge is 0.257 e. The van der Waals surface area contributed by atoms with Crippen molar-refractivity contribution in [2.75, 3.05) is 10.2 Å². The quantitative estimate of drug-likeness (QED) is 0.765. The molecule has 7 heteroatoms. The molecule has 1 saturated heterocycles. The van der Waals surface area contributed by atoms with Crippen LogP contribution in [-0.4, -0.2) is 40.1 Å². The maximum Gasteiger partial charge on any atom is 0.257 e. The number of aryl methyl sites for hydroxylation is 1. The van der Waals surface area contributed by atoms with Crippen LogP contribution in [0.1, 0.15) is 50.0 Å². The van der Waals surface area contributed by atoms with E-state index >= 15 is 0 Å². The topological polar surface area (TPSA) is 86.8 Å². The minimum Gasteiger partial charge on any atom is -0.326 e. The average Bonchev–Trinajstić information content (AvgIpc) is 2.95. The molecule has 1 atom stereocenters. The van der Waals surface area contributed by atoms with Crippen LogP contribution in [-0.2, 0) is 14.4 Å². The Bertz CT molecular complexity index is 1020. The Morgan fingerprint density at radius 1 is 1.00 bits per heavy atom. The number of hydrogen-bond acceptors (Lipinski definition) is 4. The van der Waals surface area contributed by atoms with Crippen molar-refractivity contribution in [1.82, 2.24) is 4.90 Å². The Hall–Kier alpha value is -3.48. The minimum atomic E-state index is -0.892. The van der Waals surface area contributed by atoms with Crippen LogP contribution in [0.5, 0.6) is 0 Å². The fourth-order valence-corrected chi connectivity index (χ4v) is 3.73. The summed E-state index contributed by atoms with van der Waals surface area (Å²) in [4.78, 5) is 53.2. The number of rotatable bonds is 4. The number of hydrogen-bond donors (Lipinski definition) is 1. The molecule has 1 N–H and O–H groups in total. The van der Waals surface area contributed by atoms with Crippen molar-refractivity contribution in [2.24, 2.45) is 0 Å². The molecular formula is C24H27N3O4. The van der Waals surface area contributed by atoms with E-state index < -0.39 is 17.5 Å². The first-order valence-electron chi connectivity index (χ1n) is 10.1. The first kappa shape index (κ1) is 22.2. The second-order valence-electron chi connectivity index (χ2n) is 8.73. The average molecular weight is 421 g/mol. The fourth-order valence-electron chi connectivity index (χ4n) is 3.73. The molecule has 0 saturated carbocycles. The second kappa shape index (κ2) is 8.34. The van der Waals surface area contributed by atoms with E-state index in [0.29, 0.717) is 16.9 Å². The maximum absolute atomic E-state index is 13.3. The molecule has 1 unspecified atom stereocenters. The van der Waals surface area contributed by atoms with E-state index in [4.69, 9.17) is 0 Å². The zero-order valence-corrected chi connectivity index (χ0v) is 18.4. The Morgan fingerprint density at radius 3 is 2.10 bits per heavy atom. The van der Waals surface area contributed by atoms with Gasteiger partial charge in [-0.1, -0.05) is 17.7 Å². The summed E-state index contributed by atoms with van der Waals surface area (Å²) in [7, 11) is 0. The highest BCUT2D eigenvalue weighted by molar-refractivity contribution is 6.23. The Balaban J connectivity index is 1.91. The highest BCUT2D eigenvalue weighted by atomic mass is 16.2. The van der Waals surface area contributed by atoms with Crippen LogP contribution in [0.25, 0.3) is 0 Å². The molecule has 4 amide bonds. The predicted molar refractivity (Wildman–Crippen MR) is 119 cm³/mol. The molecule has 1 fully saturated rings. The van der Waals surface area contributed by atoms with E-state index in [9.17, 15) is 19.2 Å². The van der Waals surface area contributed by atoms with Crippen LogP contribution in [0.3, 0.4) is 0 Å². The van der Waals surface area contributed by atoms with Crippen LogP contribution in [0.4, 0.5) is 11.4 Å². The van der Waals surface area contributed by atoms with Crippen LogP contribution in [0.15, 0.2) is 48.5 Å². The Kier molecular flexibility index (Phi) is 5.97. The molecule has 162 valence electrons. The molecular weight excluding hydrogens is 394 g/mol. The molecule has 2 aromatic carbocycles. The minimum absolute atomic E-state index is 0.0822. The lowest BCUT2D eigenvalue weighted by Gasteiger charge is -2.39. The van der Waals surface area contributed by atoms with E-state index in [1.165, 1.54) is 11.8 Å². The molecule has 1 heterocycles. The van der Waals surface area contributed by atoms with Crippen molar-refractivity contribution in [3.63, 3.8) is 0 Å². The van der Waals surface area contributed by atoms with Gasteiger partial charge in [-0.3, -0.25) is 19.2 Å². The van der Waals surface area contributed by atoms with Gasteiger partial charge >= 0.3 is 0 Å². The SMILES string of the molecule is CC(=O)Nc1ccc(N2C(=O)CC(N(C(=O)c3ccc(C)cc3)C(C)(C)C)C2=O)cc1. The zero-order chi connectivity index (χ0) is 22.9. The Morgan fingerprint density at radius 2 is 1.58 bits per heavy atom. The van der Waals surface area contributed by atoms with E-state index in [1.807, 2.05) is 39.8 Å². The van der Waals surface area contributed by atoms with Gasteiger partial charge in [-0.25, -0.2) is 4.90 Å². The summed E-state index contributed by atoms with van der Waals surface area (Å²) >= 11 is 0. The van der Waals surface area contributed by atoms with E-state index in [2.05, 4.69) is 5.32 Å². The molecule has 3 rings (SSSR count). The number of amides is 4. The molecule has 2 aromatic rings. The first-order valence-corrected chi connectivity index (χ1v) is 10.1. The lowest BCUT2D eigenvalue weighted by Crippen LogP contribution is -2.54. The van der Waals surface area contributed by atoms with Gasteiger partial charge in [0, 0.05) is 23.7 Å². The van der Waals surface area contributed by atoms with Gasteiger partial charge in [-0.15, -0.1) is 0 Å². The highest BCUT2D eigenvalue weighted by Gasteiger charge is 2.47.